The summed E-state index contributed by atoms with van der Waals surface area (Å²) in [6.07, 6.45) is 1.24. The molecule has 1 N–H and O–H groups in total. The minimum atomic E-state index is 0.648. The zero-order valence-electron chi connectivity index (χ0n) is 7.91. The normalized spacial score (nSPS) is 15.4. The largest absolute Gasteiger partial charge is 0.357 e. The van der Waals surface area contributed by atoms with E-state index in [0.717, 1.165) is 24.9 Å². The van der Waals surface area contributed by atoms with Crippen molar-refractivity contribution in [3.8, 4) is 0 Å². The Labute approximate surface area is 77.2 Å². The molecule has 2 rings (SSSR count). The summed E-state index contributed by atoms with van der Waals surface area (Å²) in [5.74, 6) is 2.21. The van der Waals surface area contributed by atoms with Crippen molar-refractivity contribution >= 4 is 11.9 Å². The zero-order chi connectivity index (χ0) is 9.26. The molecule has 1 aliphatic heterocycles. The van der Waals surface area contributed by atoms with Crippen molar-refractivity contribution in [1.29, 1.82) is 0 Å². The van der Waals surface area contributed by atoms with Crippen LogP contribution in [0.2, 0.25) is 0 Å². The van der Waals surface area contributed by atoms with E-state index in [1.165, 1.54) is 6.42 Å². The molecule has 0 unspecified atom stereocenters. The second-order valence-corrected chi connectivity index (χ2v) is 3.10. The van der Waals surface area contributed by atoms with Gasteiger partial charge in [-0.2, -0.15) is 15.0 Å². The van der Waals surface area contributed by atoms with Crippen molar-refractivity contribution in [3.05, 3.63) is 5.82 Å². The van der Waals surface area contributed by atoms with Gasteiger partial charge in [0.2, 0.25) is 11.9 Å². The van der Waals surface area contributed by atoms with E-state index in [0.29, 0.717) is 5.95 Å². The Bertz CT molecular complexity index is 307. The summed E-state index contributed by atoms with van der Waals surface area (Å²) >= 11 is 0. The quantitative estimate of drug-likeness (QED) is 0.713. The lowest BCUT2D eigenvalue weighted by Gasteiger charge is -2.30. The van der Waals surface area contributed by atoms with E-state index in [1.54, 1.807) is 0 Å². The molecular weight excluding hydrogens is 166 g/mol. The smallest absolute Gasteiger partial charge is 0.230 e. The van der Waals surface area contributed by atoms with Crippen molar-refractivity contribution < 1.29 is 0 Å². The first-order valence-electron chi connectivity index (χ1n) is 4.45. The van der Waals surface area contributed by atoms with Crippen molar-refractivity contribution in [3.63, 3.8) is 0 Å². The van der Waals surface area contributed by atoms with Crippen molar-refractivity contribution in [2.75, 3.05) is 30.4 Å². The van der Waals surface area contributed by atoms with Crippen LogP contribution in [0.1, 0.15) is 12.2 Å². The van der Waals surface area contributed by atoms with Gasteiger partial charge in [0.25, 0.3) is 0 Å². The summed E-state index contributed by atoms with van der Waals surface area (Å²) in [6, 6.07) is 0. The van der Waals surface area contributed by atoms with Crippen LogP contribution in [0.25, 0.3) is 0 Å². The van der Waals surface area contributed by atoms with Gasteiger partial charge in [-0.15, -0.1) is 0 Å². The standard InChI is InChI=1S/C8H13N5/c1-6-10-7(9-2)12-8(11-6)13-4-3-5-13/h3-5H2,1-2H3,(H,9,10,11,12). The topological polar surface area (TPSA) is 53.9 Å². The monoisotopic (exact) mass is 179 g/mol. The number of hydrogen-bond donors (Lipinski definition) is 1. The van der Waals surface area contributed by atoms with E-state index in [1.807, 2.05) is 14.0 Å². The highest BCUT2D eigenvalue weighted by molar-refractivity contribution is 5.38. The number of nitrogens with zero attached hydrogens (tertiary/aromatic N) is 4. The maximum atomic E-state index is 4.27. The van der Waals surface area contributed by atoms with Crippen LogP contribution in [0, 0.1) is 6.92 Å². The molecular formula is C8H13N5. The molecule has 0 radical (unpaired) electrons. The Morgan fingerprint density at radius 3 is 2.54 bits per heavy atom. The molecule has 0 aromatic carbocycles. The molecule has 0 atom stereocenters. The molecule has 1 aliphatic rings. The molecule has 13 heavy (non-hydrogen) atoms. The van der Waals surface area contributed by atoms with Crippen LogP contribution in [-0.2, 0) is 0 Å². The highest BCUT2D eigenvalue weighted by Gasteiger charge is 2.17. The molecule has 2 heterocycles. The van der Waals surface area contributed by atoms with Crippen molar-refractivity contribution in [2.45, 2.75) is 13.3 Å². The highest BCUT2D eigenvalue weighted by atomic mass is 15.3. The van der Waals surface area contributed by atoms with Gasteiger partial charge >= 0.3 is 0 Å². The van der Waals surface area contributed by atoms with Crippen LogP contribution in [-0.4, -0.2) is 35.1 Å². The lowest BCUT2D eigenvalue weighted by molar-refractivity contribution is 0.597. The summed E-state index contributed by atoms with van der Waals surface area (Å²) in [5, 5.41) is 2.92. The molecule has 0 saturated carbocycles. The average molecular weight is 179 g/mol. The molecule has 0 bridgehead atoms. The number of anilines is 2. The Balaban J connectivity index is 2.28. The molecule has 0 amide bonds. The van der Waals surface area contributed by atoms with Crippen molar-refractivity contribution in [1.82, 2.24) is 15.0 Å². The number of aromatic nitrogens is 3. The fourth-order valence-corrected chi connectivity index (χ4v) is 1.24. The van der Waals surface area contributed by atoms with Gasteiger partial charge in [0, 0.05) is 20.1 Å². The summed E-state index contributed by atoms with van der Waals surface area (Å²) in [5.41, 5.74) is 0. The Morgan fingerprint density at radius 1 is 1.23 bits per heavy atom. The second kappa shape index (κ2) is 3.16. The third-order valence-electron chi connectivity index (χ3n) is 2.10. The Kier molecular flexibility index (Phi) is 2.00. The predicted molar refractivity (Wildman–Crippen MR) is 50.9 cm³/mol. The number of hydrogen-bond acceptors (Lipinski definition) is 5. The first kappa shape index (κ1) is 8.22. The average Bonchev–Trinajstić information content (AvgIpc) is 2.00. The predicted octanol–water partition coefficient (Wildman–Crippen LogP) is 0.432. The first-order valence-corrected chi connectivity index (χ1v) is 4.45. The number of aryl methyl sites for hydroxylation is 1. The fourth-order valence-electron chi connectivity index (χ4n) is 1.24. The molecule has 1 aromatic heterocycles. The lowest BCUT2D eigenvalue weighted by Crippen LogP contribution is -2.38. The van der Waals surface area contributed by atoms with Gasteiger partial charge in [0.15, 0.2) is 0 Å². The molecule has 1 saturated heterocycles. The van der Waals surface area contributed by atoms with Crippen LogP contribution in [0.3, 0.4) is 0 Å². The van der Waals surface area contributed by atoms with Gasteiger partial charge in [-0.3, -0.25) is 0 Å². The Morgan fingerprint density at radius 2 is 2.00 bits per heavy atom. The van der Waals surface area contributed by atoms with E-state index < -0.39 is 0 Å². The highest BCUT2D eigenvalue weighted by Crippen LogP contribution is 2.16. The number of nitrogens with one attached hydrogen (secondary N) is 1. The molecule has 1 aromatic rings. The Hall–Kier alpha value is -1.39. The lowest BCUT2D eigenvalue weighted by atomic mass is 10.2. The van der Waals surface area contributed by atoms with Crippen LogP contribution < -0.4 is 10.2 Å². The molecule has 0 spiro atoms. The summed E-state index contributed by atoms with van der Waals surface area (Å²) in [7, 11) is 1.81. The van der Waals surface area contributed by atoms with Gasteiger partial charge in [-0.1, -0.05) is 0 Å². The van der Waals surface area contributed by atoms with Gasteiger partial charge in [0.1, 0.15) is 5.82 Å². The molecule has 70 valence electrons. The van der Waals surface area contributed by atoms with Gasteiger partial charge < -0.3 is 10.2 Å². The maximum Gasteiger partial charge on any atom is 0.230 e. The van der Waals surface area contributed by atoms with E-state index in [2.05, 4.69) is 25.2 Å². The second-order valence-electron chi connectivity index (χ2n) is 3.10. The van der Waals surface area contributed by atoms with Crippen molar-refractivity contribution in [2.24, 2.45) is 0 Å². The van der Waals surface area contributed by atoms with Gasteiger partial charge in [-0.25, -0.2) is 0 Å². The molecule has 5 heteroatoms. The van der Waals surface area contributed by atoms with Crippen LogP contribution in [0.4, 0.5) is 11.9 Å². The molecule has 5 nitrogen and oxygen atoms in total. The summed E-state index contributed by atoms with van der Waals surface area (Å²) < 4.78 is 0. The van der Waals surface area contributed by atoms with Crippen LogP contribution >= 0.6 is 0 Å². The van der Waals surface area contributed by atoms with E-state index in [9.17, 15) is 0 Å². The zero-order valence-corrected chi connectivity index (χ0v) is 7.91. The number of rotatable bonds is 2. The van der Waals surface area contributed by atoms with E-state index >= 15 is 0 Å². The first-order chi connectivity index (χ1) is 6.29. The minimum Gasteiger partial charge on any atom is -0.357 e. The molecule has 1 fully saturated rings. The summed E-state index contributed by atoms with van der Waals surface area (Å²) in [6.45, 7) is 4.00. The van der Waals surface area contributed by atoms with E-state index in [-0.39, 0.29) is 0 Å². The maximum absolute atomic E-state index is 4.27. The van der Waals surface area contributed by atoms with Crippen LogP contribution in [0.5, 0.6) is 0 Å². The third kappa shape index (κ3) is 1.54. The minimum absolute atomic E-state index is 0.648. The van der Waals surface area contributed by atoms with Gasteiger partial charge in [0.05, 0.1) is 0 Å². The van der Waals surface area contributed by atoms with E-state index in [4.69, 9.17) is 0 Å². The SMILES string of the molecule is CNc1nc(C)nc(N2CCC2)n1. The fraction of sp³-hybridized carbons (Fsp3) is 0.625. The van der Waals surface area contributed by atoms with Crippen LogP contribution in [0.15, 0.2) is 0 Å². The van der Waals surface area contributed by atoms with Gasteiger partial charge in [-0.05, 0) is 13.3 Å². The summed E-state index contributed by atoms with van der Waals surface area (Å²) in [4.78, 5) is 14.8. The molecule has 0 aliphatic carbocycles. The third-order valence-corrected chi connectivity index (χ3v) is 2.10.